The van der Waals surface area contributed by atoms with Crippen molar-refractivity contribution in [1.82, 2.24) is 15.1 Å². The van der Waals surface area contributed by atoms with E-state index in [2.05, 4.69) is 26.3 Å². The number of rotatable bonds is 4. The Bertz CT molecular complexity index is 510. The molecule has 0 aliphatic rings. The molecule has 0 amide bonds. The summed E-state index contributed by atoms with van der Waals surface area (Å²) in [5.41, 5.74) is 1.74. The molecule has 2 aromatic rings. The van der Waals surface area contributed by atoms with E-state index in [4.69, 9.17) is 0 Å². The molecular formula is C12H13BrFN3. The van der Waals surface area contributed by atoms with Crippen LogP contribution in [0.3, 0.4) is 0 Å². The highest BCUT2D eigenvalue weighted by molar-refractivity contribution is 9.10. The number of aryl methyl sites for hydroxylation is 1. The van der Waals surface area contributed by atoms with Crippen molar-refractivity contribution in [1.29, 1.82) is 0 Å². The average molecular weight is 298 g/mol. The van der Waals surface area contributed by atoms with Crippen molar-refractivity contribution < 1.29 is 4.39 Å². The molecule has 0 saturated heterocycles. The second-order valence-electron chi connectivity index (χ2n) is 3.86. The van der Waals surface area contributed by atoms with Crippen molar-refractivity contribution in [2.24, 2.45) is 7.05 Å². The maximum absolute atomic E-state index is 13.4. The highest BCUT2D eigenvalue weighted by Crippen LogP contribution is 2.15. The Morgan fingerprint density at radius 3 is 2.94 bits per heavy atom. The molecule has 0 atom stereocenters. The molecule has 0 saturated carbocycles. The van der Waals surface area contributed by atoms with Gasteiger partial charge in [0.15, 0.2) is 0 Å². The summed E-state index contributed by atoms with van der Waals surface area (Å²) in [4.78, 5) is 0. The molecular weight excluding hydrogens is 285 g/mol. The monoisotopic (exact) mass is 297 g/mol. The summed E-state index contributed by atoms with van der Waals surface area (Å²) in [6.07, 6.45) is 3.73. The summed E-state index contributed by atoms with van der Waals surface area (Å²) in [6.45, 7) is 1.18. The molecule has 1 aromatic carbocycles. The normalized spacial score (nSPS) is 10.8. The first-order valence-electron chi connectivity index (χ1n) is 5.27. The third kappa shape index (κ3) is 3.38. The van der Waals surface area contributed by atoms with Gasteiger partial charge in [-0.25, -0.2) is 4.39 Å². The van der Waals surface area contributed by atoms with Gasteiger partial charge in [0.05, 0.1) is 6.20 Å². The zero-order chi connectivity index (χ0) is 12.3. The Morgan fingerprint density at radius 2 is 2.24 bits per heavy atom. The van der Waals surface area contributed by atoms with Gasteiger partial charge in [0.2, 0.25) is 0 Å². The second kappa shape index (κ2) is 5.42. The van der Waals surface area contributed by atoms with Crippen LogP contribution in [-0.2, 0) is 20.1 Å². The fourth-order valence-corrected chi connectivity index (χ4v) is 1.99. The molecule has 5 heteroatoms. The second-order valence-corrected chi connectivity index (χ2v) is 4.78. The topological polar surface area (TPSA) is 29.9 Å². The predicted molar refractivity (Wildman–Crippen MR) is 67.9 cm³/mol. The maximum atomic E-state index is 13.4. The number of benzene rings is 1. The van der Waals surface area contributed by atoms with E-state index in [0.717, 1.165) is 10.0 Å². The first-order chi connectivity index (χ1) is 8.15. The number of nitrogens with one attached hydrogen (secondary N) is 1. The molecule has 1 heterocycles. The van der Waals surface area contributed by atoms with Gasteiger partial charge in [-0.05, 0) is 18.2 Å². The standard InChI is InChI=1S/C12H13BrFN3/c1-17-8-9(6-16-17)5-15-7-10-4-11(13)2-3-12(10)14/h2-4,6,8,15H,5,7H2,1H3. The quantitative estimate of drug-likeness (QED) is 0.940. The minimum Gasteiger partial charge on any atom is -0.308 e. The van der Waals surface area contributed by atoms with Crippen LogP contribution in [0.5, 0.6) is 0 Å². The average Bonchev–Trinajstić information content (AvgIpc) is 2.69. The molecule has 0 unspecified atom stereocenters. The summed E-state index contributed by atoms with van der Waals surface area (Å²) in [6, 6.07) is 4.94. The van der Waals surface area contributed by atoms with E-state index in [1.807, 2.05) is 13.2 Å². The van der Waals surface area contributed by atoms with Gasteiger partial charge in [-0.1, -0.05) is 15.9 Å². The lowest BCUT2D eigenvalue weighted by Gasteiger charge is -2.05. The predicted octanol–water partition coefficient (Wildman–Crippen LogP) is 2.61. The van der Waals surface area contributed by atoms with E-state index in [1.165, 1.54) is 6.07 Å². The Balaban J connectivity index is 1.91. The van der Waals surface area contributed by atoms with E-state index >= 15 is 0 Å². The van der Waals surface area contributed by atoms with Crippen LogP contribution in [0.4, 0.5) is 4.39 Å². The molecule has 0 aliphatic carbocycles. The third-order valence-electron chi connectivity index (χ3n) is 2.41. The van der Waals surface area contributed by atoms with Gasteiger partial charge >= 0.3 is 0 Å². The number of hydrogen-bond donors (Lipinski definition) is 1. The van der Waals surface area contributed by atoms with E-state index in [9.17, 15) is 4.39 Å². The minimum absolute atomic E-state index is 0.188. The van der Waals surface area contributed by atoms with Crippen LogP contribution in [0.15, 0.2) is 35.1 Å². The van der Waals surface area contributed by atoms with Gasteiger partial charge < -0.3 is 5.32 Å². The lowest BCUT2D eigenvalue weighted by molar-refractivity contribution is 0.587. The fourth-order valence-electron chi connectivity index (χ4n) is 1.58. The van der Waals surface area contributed by atoms with E-state index in [1.54, 1.807) is 23.0 Å². The van der Waals surface area contributed by atoms with Crippen molar-refractivity contribution >= 4 is 15.9 Å². The van der Waals surface area contributed by atoms with Crippen molar-refractivity contribution in [3.63, 3.8) is 0 Å². The maximum Gasteiger partial charge on any atom is 0.127 e. The Hall–Kier alpha value is -1.20. The zero-order valence-corrected chi connectivity index (χ0v) is 11.0. The molecule has 90 valence electrons. The van der Waals surface area contributed by atoms with Crippen LogP contribution in [-0.4, -0.2) is 9.78 Å². The van der Waals surface area contributed by atoms with E-state index < -0.39 is 0 Å². The molecule has 0 radical (unpaired) electrons. The zero-order valence-electron chi connectivity index (χ0n) is 9.45. The molecule has 0 spiro atoms. The lowest BCUT2D eigenvalue weighted by atomic mass is 10.2. The SMILES string of the molecule is Cn1cc(CNCc2cc(Br)ccc2F)cn1. The van der Waals surface area contributed by atoms with E-state index in [-0.39, 0.29) is 5.82 Å². The summed E-state index contributed by atoms with van der Waals surface area (Å²) in [5.74, 6) is -0.188. The first kappa shape index (κ1) is 12.3. The van der Waals surface area contributed by atoms with Crippen LogP contribution in [0.2, 0.25) is 0 Å². The third-order valence-corrected chi connectivity index (χ3v) is 2.90. The van der Waals surface area contributed by atoms with Crippen molar-refractivity contribution in [2.45, 2.75) is 13.1 Å². The molecule has 0 fully saturated rings. The van der Waals surface area contributed by atoms with Gasteiger partial charge in [0.1, 0.15) is 5.82 Å². The smallest absolute Gasteiger partial charge is 0.127 e. The number of aromatic nitrogens is 2. The van der Waals surface area contributed by atoms with E-state index in [0.29, 0.717) is 18.7 Å². The van der Waals surface area contributed by atoms with Gasteiger partial charge in [-0.15, -0.1) is 0 Å². The van der Waals surface area contributed by atoms with Crippen molar-refractivity contribution in [3.8, 4) is 0 Å². The number of halogens is 2. The minimum atomic E-state index is -0.188. The molecule has 1 N–H and O–H groups in total. The van der Waals surface area contributed by atoms with Crippen LogP contribution in [0.25, 0.3) is 0 Å². The van der Waals surface area contributed by atoms with Gasteiger partial charge in [-0.2, -0.15) is 5.10 Å². The molecule has 3 nitrogen and oxygen atoms in total. The molecule has 1 aromatic heterocycles. The fraction of sp³-hybridized carbons (Fsp3) is 0.250. The molecule has 0 bridgehead atoms. The number of nitrogens with zero attached hydrogens (tertiary/aromatic N) is 2. The van der Waals surface area contributed by atoms with Gasteiger partial charge in [0, 0.05) is 41.9 Å². The Morgan fingerprint density at radius 1 is 1.41 bits per heavy atom. The Labute approximate surface area is 108 Å². The lowest BCUT2D eigenvalue weighted by Crippen LogP contribution is -2.13. The van der Waals surface area contributed by atoms with Gasteiger partial charge in [-0.3, -0.25) is 4.68 Å². The van der Waals surface area contributed by atoms with Crippen molar-refractivity contribution in [2.75, 3.05) is 0 Å². The highest BCUT2D eigenvalue weighted by atomic mass is 79.9. The van der Waals surface area contributed by atoms with Crippen LogP contribution in [0.1, 0.15) is 11.1 Å². The summed E-state index contributed by atoms with van der Waals surface area (Å²) >= 11 is 3.33. The first-order valence-corrected chi connectivity index (χ1v) is 6.06. The summed E-state index contributed by atoms with van der Waals surface area (Å²) in [7, 11) is 1.87. The molecule has 2 rings (SSSR count). The van der Waals surface area contributed by atoms with Crippen LogP contribution in [0, 0.1) is 5.82 Å². The van der Waals surface area contributed by atoms with Gasteiger partial charge in [0.25, 0.3) is 0 Å². The number of hydrogen-bond acceptors (Lipinski definition) is 2. The van der Waals surface area contributed by atoms with Crippen molar-refractivity contribution in [3.05, 3.63) is 52.0 Å². The van der Waals surface area contributed by atoms with Crippen LogP contribution >= 0.6 is 15.9 Å². The van der Waals surface area contributed by atoms with Crippen LogP contribution < -0.4 is 5.32 Å². The molecule has 0 aliphatic heterocycles. The largest absolute Gasteiger partial charge is 0.308 e. The highest BCUT2D eigenvalue weighted by Gasteiger charge is 2.02. The summed E-state index contributed by atoms with van der Waals surface area (Å²) in [5, 5.41) is 7.25. The Kier molecular flexibility index (Phi) is 3.91. The summed E-state index contributed by atoms with van der Waals surface area (Å²) < 4.78 is 16.1. The molecule has 17 heavy (non-hydrogen) atoms.